The monoisotopic (exact) mass is 322 g/mol. The molecular weight excluding hydrogens is 300 g/mol. The summed E-state index contributed by atoms with van der Waals surface area (Å²) in [7, 11) is 2.23. The summed E-state index contributed by atoms with van der Waals surface area (Å²) in [6.07, 6.45) is 2.59. The van der Waals surface area contributed by atoms with Crippen molar-refractivity contribution in [2.24, 2.45) is 0 Å². The average Bonchev–Trinajstić information content (AvgIpc) is 2.62. The zero-order valence-electron chi connectivity index (χ0n) is 12.1. The zero-order valence-corrected chi connectivity index (χ0v) is 13.7. The molecular formula is C16H23BrN2. The Hall–Kier alpha value is -0.540. The zero-order chi connectivity index (χ0) is 13.6. The minimum absolute atomic E-state index is 0.266. The summed E-state index contributed by atoms with van der Waals surface area (Å²) in [6, 6.07) is 7.51. The highest BCUT2D eigenvalue weighted by atomic mass is 79.9. The number of piperidine rings is 1. The van der Waals surface area contributed by atoms with Gasteiger partial charge in [-0.25, -0.2) is 0 Å². The molecule has 0 aliphatic carbocycles. The summed E-state index contributed by atoms with van der Waals surface area (Å²) in [5.74, 6) is 0. The Morgan fingerprint density at radius 1 is 1.21 bits per heavy atom. The van der Waals surface area contributed by atoms with Crippen molar-refractivity contribution in [3.8, 4) is 0 Å². The molecule has 0 bridgehead atoms. The van der Waals surface area contributed by atoms with Crippen molar-refractivity contribution in [3.63, 3.8) is 0 Å². The topological polar surface area (TPSA) is 6.48 Å². The van der Waals surface area contributed by atoms with Gasteiger partial charge in [-0.15, -0.1) is 0 Å². The van der Waals surface area contributed by atoms with E-state index >= 15 is 0 Å². The third-order valence-corrected chi connectivity index (χ3v) is 5.18. The number of halogens is 1. The second kappa shape index (κ2) is 4.78. The molecule has 3 heteroatoms. The molecule has 2 aliphatic heterocycles. The van der Waals surface area contributed by atoms with Crippen molar-refractivity contribution in [3.05, 3.63) is 28.2 Å². The number of hydrogen-bond donors (Lipinski definition) is 0. The molecule has 104 valence electrons. The summed E-state index contributed by atoms with van der Waals surface area (Å²) in [5, 5.41) is 0. The Kier molecular flexibility index (Phi) is 3.38. The van der Waals surface area contributed by atoms with Gasteiger partial charge in [0, 0.05) is 28.2 Å². The van der Waals surface area contributed by atoms with Crippen LogP contribution in [0.5, 0.6) is 0 Å². The van der Waals surface area contributed by atoms with Gasteiger partial charge in [-0.3, -0.25) is 0 Å². The highest BCUT2D eigenvalue weighted by molar-refractivity contribution is 9.10. The average molecular weight is 323 g/mol. The molecule has 3 rings (SSSR count). The Labute approximate surface area is 124 Å². The summed E-state index contributed by atoms with van der Waals surface area (Å²) in [6.45, 7) is 8.36. The molecule has 19 heavy (non-hydrogen) atoms. The van der Waals surface area contributed by atoms with Crippen molar-refractivity contribution in [2.45, 2.75) is 38.1 Å². The van der Waals surface area contributed by atoms with Crippen molar-refractivity contribution in [1.29, 1.82) is 0 Å². The van der Waals surface area contributed by atoms with Gasteiger partial charge < -0.3 is 9.80 Å². The minimum atomic E-state index is 0.266. The van der Waals surface area contributed by atoms with Gasteiger partial charge in [-0.1, -0.05) is 29.8 Å². The largest absolute Gasteiger partial charge is 0.367 e. The highest BCUT2D eigenvalue weighted by Gasteiger charge is 2.38. The molecule has 1 aromatic rings. The van der Waals surface area contributed by atoms with Crippen LogP contribution in [0.15, 0.2) is 22.7 Å². The molecule has 1 fully saturated rings. The molecule has 0 saturated carbocycles. The van der Waals surface area contributed by atoms with E-state index in [2.05, 4.69) is 64.8 Å². The van der Waals surface area contributed by atoms with E-state index in [4.69, 9.17) is 0 Å². The number of anilines is 1. The molecule has 2 nitrogen and oxygen atoms in total. The van der Waals surface area contributed by atoms with Gasteiger partial charge in [0.2, 0.25) is 0 Å². The number of nitrogens with zero attached hydrogens (tertiary/aromatic N) is 2. The second-order valence-electron chi connectivity index (χ2n) is 6.71. The van der Waals surface area contributed by atoms with Crippen LogP contribution in [-0.4, -0.2) is 37.6 Å². The first kappa shape index (κ1) is 13.4. The summed E-state index contributed by atoms with van der Waals surface area (Å²) < 4.78 is 1.20. The van der Waals surface area contributed by atoms with Crippen molar-refractivity contribution in [2.75, 3.05) is 31.6 Å². The van der Waals surface area contributed by atoms with Crippen LogP contribution >= 0.6 is 15.9 Å². The van der Waals surface area contributed by atoms with Crippen molar-refractivity contribution >= 4 is 21.6 Å². The minimum Gasteiger partial charge on any atom is -0.367 e. The smallest absolute Gasteiger partial charge is 0.0408 e. The van der Waals surface area contributed by atoms with Crippen LogP contribution in [-0.2, 0) is 5.41 Å². The Morgan fingerprint density at radius 3 is 2.58 bits per heavy atom. The SMILES string of the molecule is CN1CCC(N2CC(C)(C)c3cc(Br)ccc32)CC1. The predicted molar refractivity (Wildman–Crippen MR) is 85.0 cm³/mol. The van der Waals surface area contributed by atoms with E-state index in [9.17, 15) is 0 Å². The molecule has 2 heterocycles. The Balaban J connectivity index is 1.90. The van der Waals surface area contributed by atoms with E-state index in [-0.39, 0.29) is 5.41 Å². The van der Waals surface area contributed by atoms with E-state index < -0.39 is 0 Å². The third-order valence-electron chi connectivity index (χ3n) is 4.69. The van der Waals surface area contributed by atoms with E-state index in [1.807, 2.05) is 0 Å². The molecule has 0 amide bonds. The maximum Gasteiger partial charge on any atom is 0.0408 e. The summed E-state index contributed by atoms with van der Waals surface area (Å²) >= 11 is 3.62. The first-order chi connectivity index (χ1) is 8.97. The van der Waals surface area contributed by atoms with Crippen molar-refractivity contribution in [1.82, 2.24) is 4.90 Å². The first-order valence-electron chi connectivity index (χ1n) is 7.22. The Bertz CT molecular complexity index is 476. The lowest BCUT2D eigenvalue weighted by atomic mass is 9.87. The van der Waals surface area contributed by atoms with Crippen LogP contribution in [0.1, 0.15) is 32.3 Å². The van der Waals surface area contributed by atoms with E-state index in [1.54, 1.807) is 0 Å². The molecule has 0 radical (unpaired) electrons. The van der Waals surface area contributed by atoms with Gasteiger partial charge in [-0.2, -0.15) is 0 Å². The van der Waals surface area contributed by atoms with Gasteiger partial charge in [0.15, 0.2) is 0 Å². The molecule has 0 aromatic heterocycles. The van der Waals surface area contributed by atoms with Crippen LogP contribution in [0.3, 0.4) is 0 Å². The molecule has 1 aromatic carbocycles. The lowest BCUT2D eigenvalue weighted by Gasteiger charge is -2.37. The summed E-state index contributed by atoms with van der Waals surface area (Å²) in [5.41, 5.74) is 3.23. The van der Waals surface area contributed by atoms with Gasteiger partial charge in [0.1, 0.15) is 0 Å². The molecule has 0 spiro atoms. The summed E-state index contributed by atoms with van der Waals surface area (Å²) in [4.78, 5) is 5.11. The quantitative estimate of drug-likeness (QED) is 0.778. The Morgan fingerprint density at radius 2 is 1.89 bits per heavy atom. The fraction of sp³-hybridized carbons (Fsp3) is 0.625. The molecule has 0 atom stereocenters. The highest BCUT2D eigenvalue weighted by Crippen LogP contribution is 2.43. The lowest BCUT2D eigenvalue weighted by Crippen LogP contribution is -2.44. The predicted octanol–water partition coefficient (Wildman–Crippen LogP) is 3.64. The van der Waals surface area contributed by atoms with Gasteiger partial charge in [0.05, 0.1) is 0 Å². The fourth-order valence-electron chi connectivity index (χ4n) is 3.53. The van der Waals surface area contributed by atoms with Gasteiger partial charge >= 0.3 is 0 Å². The normalized spacial score (nSPS) is 23.7. The maximum absolute atomic E-state index is 3.62. The number of benzene rings is 1. The number of hydrogen-bond acceptors (Lipinski definition) is 2. The van der Waals surface area contributed by atoms with Crippen LogP contribution in [0.2, 0.25) is 0 Å². The molecule has 2 aliphatic rings. The van der Waals surface area contributed by atoms with Gasteiger partial charge in [-0.05, 0) is 56.7 Å². The second-order valence-corrected chi connectivity index (χ2v) is 7.62. The van der Waals surface area contributed by atoms with Crippen LogP contribution < -0.4 is 4.90 Å². The molecule has 0 unspecified atom stereocenters. The number of likely N-dealkylation sites (tertiary alicyclic amines) is 1. The van der Waals surface area contributed by atoms with Crippen LogP contribution in [0.25, 0.3) is 0 Å². The maximum atomic E-state index is 3.62. The third kappa shape index (κ3) is 2.43. The van der Waals surface area contributed by atoms with E-state index in [0.717, 1.165) is 12.6 Å². The molecule has 0 N–H and O–H groups in total. The van der Waals surface area contributed by atoms with E-state index in [1.165, 1.54) is 41.7 Å². The standard InChI is InChI=1S/C16H23BrN2/c1-16(2)11-19(13-6-8-18(3)9-7-13)15-5-4-12(17)10-14(15)16/h4-5,10,13H,6-9,11H2,1-3H3. The van der Waals surface area contributed by atoms with Crippen LogP contribution in [0.4, 0.5) is 5.69 Å². The number of fused-ring (bicyclic) bond motifs is 1. The van der Waals surface area contributed by atoms with E-state index in [0.29, 0.717) is 0 Å². The van der Waals surface area contributed by atoms with Crippen molar-refractivity contribution < 1.29 is 0 Å². The van der Waals surface area contributed by atoms with Crippen LogP contribution in [0, 0.1) is 0 Å². The first-order valence-corrected chi connectivity index (χ1v) is 8.02. The lowest BCUT2D eigenvalue weighted by molar-refractivity contribution is 0.248. The van der Waals surface area contributed by atoms with Gasteiger partial charge in [0.25, 0.3) is 0 Å². The number of rotatable bonds is 1. The fourth-order valence-corrected chi connectivity index (χ4v) is 3.89. The molecule has 1 saturated heterocycles.